The molecule has 0 bridgehead atoms. The van der Waals surface area contributed by atoms with Gasteiger partial charge in [-0.2, -0.15) is 0 Å². The quantitative estimate of drug-likeness (QED) is 0.616. The van der Waals surface area contributed by atoms with E-state index in [4.69, 9.17) is 0 Å². The summed E-state index contributed by atoms with van der Waals surface area (Å²) in [6.45, 7) is 10.2. The Hall–Kier alpha value is -3.36. The summed E-state index contributed by atoms with van der Waals surface area (Å²) in [6, 6.07) is 10.3. The minimum atomic E-state index is -0.491. The maximum atomic E-state index is 13.2. The molecule has 0 aliphatic carbocycles. The van der Waals surface area contributed by atoms with Gasteiger partial charge in [0.25, 0.3) is 11.8 Å². The van der Waals surface area contributed by atoms with Gasteiger partial charge in [0, 0.05) is 26.2 Å². The summed E-state index contributed by atoms with van der Waals surface area (Å²) in [4.78, 5) is 58.7. The van der Waals surface area contributed by atoms with Gasteiger partial charge in [-0.05, 0) is 74.2 Å². The molecule has 0 spiro atoms. The molecule has 3 saturated heterocycles. The SMILES string of the molecule is Cc1ccc(N2C(=O)CC(N3CCN(C4CC(=O)N(c5ccc(C)c(C)c5)C4=O)CC3)C2=O)cc1C. The fourth-order valence-corrected chi connectivity index (χ4v) is 5.43. The molecule has 2 aromatic rings. The zero-order valence-corrected chi connectivity index (χ0v) is 21.3. The van der Waals surface area contributed by atoms with Gasteiger partial charge in [-0.25, -0.2) is 9.80 Å². The molecule has 3 aliphatic heterocycles. The van der Waals surface area contributed by atoms with Crippen molar-refractivity contribution in [3.8, 4) is 0 Å². The lowest BCUT2D eigenvalue weighted by Crippen LogP contribution is -2.56. The van der Waals surface area contributed by atoms with E-state index in [0.717, 1.165) is 22.3 Å². The van der Waals surface area contributed by atoms with E-state index < -0.39 is 12.1 Å². The van der Waals surface area contributed by atoms with Gasteiger partial charge in [0.15, 0.2) is 0 Å². The van der Waals surface area contributed by atoms with E-state index in [0.29, 0.717) is 37.6 Å². The van der Waals surface area contributed by atoms with E-state index in [2.05, 4.69) is 0 Å². The Bertz CT molecular complexity index is 1170. The van der Waals surface area contributed by atoms with Crippen LogP contribution in [-0.2, 0) is 19.2 Å². The van der Waals surface area contributed by atoms with Gasteiger partial charge < -0.3 is 0 Å². The average molecular weight is 489 g/mol. The second-order valence-corrected chi connectivity index (χ2v) is 10.2. The summed E-state index contributed by atoms with van der Waals surface area (Å²) in [7, 11) is 0. The van der Waals surface area contributed by atoms with Gasteiger partial charge in [0.05, 0.1) is 36.3 Å². The molecular weight excluding hydrogens is 456 g/mol. The van der Waals surface area contributed by atoms with Crippen LogP contribution < -0.4 is 9.80 Å². The first-order valence-electron chi connectivity index (χ1n) is 12.5. The van der Waals surface area contributed by atoms with Gasteiger partial charge in [0.2, 0.25) is 11.8 Å². The van der Waals surface area contributed by atoms with Crippen molar-refractivity contribution in [2.24, 2.45) is 0 Å². The number of carbonyl (C=O) groups is 4. The van der Waals surface area contributed by atoms with Crippen molar-refractivity contribution in [3.63, 3.8) is 0 Å². The van der Waals surface area contributed by atoms with E-state index in [9.17, 15) is 19.2 Å². The molecule has 3 heterocycles. The Morgan fingerprint density at radius 2 is 0.917 bits per heavy atom. The highest BCUT2D eigenvalue weighted by molar-refractivity contribution is 6.23. The number of rotatable bonds is 4. The molecular formula is C28H32N4O4. The van der Waals surface area contributed by atoms with E-state index >= 15 is 0 Å². The molecule has 0 radical (unpaired) electrons. The summed E-state index contributed by atoms with van der Waals surface area (Å²) < 4.78 is 0. The van der Waals surface area contributed by atoms with Crippen LogP contribution in [0.3, 0.4) is 0 Å². The maximum absolute atomic E-state index is 13.2. The molecule has 4 amide bonds. The fraction of sp³-hybridized carbons (Fsp3) is 0.429. The second-order valence-electron chi connectivity index (χ2n) is 10.2. The van der Waals surface area contributed by atoms with Crippen LogP contribution in [0, 0.1) is 27.7 Å². The van der Waals surface area contributed by atoms with Gasteiger partial charge >= 0.3 is 0 Å². The summed E-state index contributed by atoms with van der Waals surface area (Å²) in [5, 5.41) is 0. The van der Waals surface area contributed by atoms with Crippen molar-refractivity contribution >= 4 is 35.0 Å². The number of hydrogen-bond donors (Lipinski definition) is 0. The lowest BCUT2D eigenvalue weighted by Gasteiger charge is -2.38. The number of anilines is 2. The minimum absolute atomic E-state index is 0.160. The monoisotopic (exact) mass is 488 g/mol. The van der Waals surface area contributed by atoms with Gasteiger partial charge in [-0.3, -0.25) is 29.0 Å². The van der Waals surface area contributed by atoms with Crippen LogP contribution in [0.5, 0.6) is 0 Å². The average Bonchev–Trinajstić information content (AvgIpc) is 3.32. The fourth-order valence-electron chi connectivity index (χ4n) is 5.43. The Morgan fingerprint density at radius 1 is 0.556 bits per heavy atom. The Balaban J connectivity index is 1.24. The molecule has 8 heteroatoms. The third-order valence-electron chi connectivity index (χ3n) is 7.97. The molecule has 2 unspecified atom stereocenters. The van der Waals surface area contributed by atoms with E-state index in [1.165, 1.54) is 9.80 Å². The second kappa shape index (κ2) is 9.26. The van der Waals surface area contributed by atoms with Crippen LogP contribution >= 0.6 is 0 Å². The first-order chi connectivity index (χ1) is 17.2. The van der Waals surface area contributed by atoms with Gasteiger partial charge in [-0.15, -0.1) is 0 Å². The number of hydrogen-bond acceptors (Lipinski definition) is 6. The number of piperazine rings is 1. The van der Waals surface area contributed by atoms with Crippen LogP contribution in [0.25, 0.3) is 0 Å². The number of benzene rings is 2. The van der Waals surface area contributed by atoms with Crippen molar-refractivity contribution < 1.29 is 19.2 Å². The molecule has 2 aromatic carbocycles. The normalized spacial score (nSPS) is 23.9. The van der Waals surface area contributed by atoms with E-state index in [-0.39, 0.29) is 36.5 Å². The van der Waals surface area contributed by atoms with Crippen LogP contribution in [-0.4, -0.2) is 71.7 Å². The molecule has 2 atom stereocenters. The van der Waals surface area contributed by atoms with Crippen molar-refractivity contribution in [3.05, 3.63) is 58.7 Å². The third-order valence-corrected chi connectivity index (χ3v) is 7.97. The third kappa shape index (κ3) is 4.14. The summed E-state index contributed by atoms with van der Waals surface area (Å²) in [5.74, 6) is -0.748. The minimum Gasteiger partial charge on any atom is -0.289 e. The predicted octanol–water partition coefficient (Wildman–Crippen LogP) is 2.50. The Labute approximate surface area is 211 Å². The highest BCUT2D eigenvalue weighted by atomic mass is 16.2. The number of amides is 4. The molecule has 36 heavy (non-hydrogen) atoms. The molecule has 8 nitrogen and oxygen atoms in total. The number of aryl methyl sites for hydroxylation is 4. The largest absolute Gasteiger partial charge is 0.289 e. The van der Waals surface area contributed by atoms with Crippen molar-refractivity contribution in [2.75, 3.05) is 36.0 Å². The first-order valence-corrected chi connectivity index (χ1v) is 12.5. The van der Waals surface area contributed by atoms with Crippen molar-refractivity contribution in [2.45, 2.75) is 52.6 Å². The van der Waals surface area contributed by atoms with Gasteiger partial charge in [0.1, 0.15) is 0 Å². The topological polar surface area (TPSA) is 81.2 Å². The molecule has 0 N–H and O–H groups in total. The van der Waals surface area contributed by atoms with Crippen LogP contribution in [0.4, 0.5) is 11.4 Å². The lowest BCUT2D eigenvalue weighted by molar-refractivity contribution is -0.126. The lowest BCUT2D eigenvalue weighted by atomic mass is 10.1. The molecule has 0 aromatic heterocycles. The van der Waals surface area contributed by atoms with Gasteiger partial charge in [-0.1, -0.05) is 12.1 Å². The molecule has 188 valence electrons. The first kappa shape index (κ1) is 24.3. The predicted molar refractivity (Wildman–Crippen MR) is 137 cm³/mol. The summed E-state index contributed by atoms with van der Waals surface area (Å²) in [5.41, 5.74) is 5.54. The number of imide groups is 2. The van der Waals surface area contributed by atoms with E-state index in [1.807, 2.05) is 73.9 Å². The molecule has 3 fully saturated rings. The number of carbonyl (C=O) groups excluding carboxylic acids is 4. The molecule has 5 rings (SSSR count). The highest BCUT2D eigenvalue weighted by Gasteiger charge is 2.46. The number of nitrogens with zero attached hydrogens (tertiary/aromatic N) is 4. The Morgan fingerprint density at radius 3 is 1.25 bits per heavy atom. The zero-order chi connectivity index (χ0) is 25.7. The maximum Gasteiger partial charge on any atom is 0.251 e. The molecule has 0 saturated carbocycles. The summed E-state index contributed by atoms with van der Waals surface area (Å²) in [6.07, 6.45) is 0.320. The van der Waals surface area contributed by atoms with Crippen LogP contribution in [0.2, 0.25) is 0 Å². The molecule has 3 aliphatic rings. The van der Waals surface area contributed by atoms with Crippen molar-refractivity contribution in [1.29, 1.82) is 0 Å². The summed E-state index contributed by atoms with van der Waals surface area (Å²) >= 11 is 0. The van der Waals surface area contributed by atoms with Crippen molar-refractivity contribution in [1.82, 2.24) is 9.80 Å². The smallest absolute Gasteiger partial charge is 0.251 e. The zero-order valence-electron chi connectivity index (χ0n) is 21.3. The van der Waals surface area contributed by atoms with Crippen LogP contribution in [0.15, 0.2) is 36.4 Å². The van der Waals surface area contributed by atoms with E-state index in [1.54, 1.807) is 0 Å². The highest BCUT2D eigenvalue weighted by Crippen LogP contribution is 2.30. The Kier molecular flexibility index (Phi) is 6.26. The standard InChI is InChI=1S/C28H32N4O4/c1-17-5-7-21(13-19(17)3)31-25(33)15-23(27(31)35)29-9-11-30(12-10-29)24-16-26(34)32(28(24)36)22-8-6-18(2)20(4)14-22/h5-8,13-14,23-24H,9-12,15-16H2,1-4H3. The van der Waals surface area contributed by atoms with Crippen LogP contribution in [0.1, 0.15) is 35.1 Å².